The fourth-order valence-electron chi connectivity index (χ4n) is 6.30. The molecule has 0 bridgehead atoms. The van der Waals surface area contributed by atoms with E-state index >= 15 is 0 Å². The standard InChI is InChI=1S/C30H34F3N5O3/c1-3-41-23-8-5-9-37(15-23)14-20-10-24-25(26(11-20)30(31,32)33)16-38(28(24)39)22-7-4-6-21(12-22)29(17-40-18-29)13-27-35-34-19-36(27)2/h4,6-7,10-12,19,23H,3,5,8-9,13-18H2,1-2H3. The fourth-order valence-corrected chi connectivity index (χ4v) is 6.30. The lowest BCUT2D eigenvalue weighted by atomic mass is 9.75. The van der Waals surface area contributed by atoms with Gasteiger partial charge in [0.15, 0.2) is 0 Å². The number of fused-ring (bicyclic) bond motifs is 1. The quantitative estimate of drug-likeness (QED) is 0.398. The van der Waals surface area contributed by atoms with E-state index in [9.17, 15) is 18.0 Å². The number of anilines is 1. The number of piperidine rings is 1. The van der Waals surface area contributed by atoms with E-state index in [0.29, 0.717) is 50.6 Å². The number of hydrogen-bond donors (Lipinski definition) is 0. The number of aryl methyl sites for hydroxylation is 1. The SMILES string of the molecule is CCOC1CCCN(Cc2cc3c(c(C(F)(F)F)c2)CN(c2cccc(C4(Cc5nncn5C)COC4)c2)C3=O)C1. The predicted molar refractivity (Wildman–Crippen MR) is 146 cm³/mol. The van der Waals surface area contributed by atoms with Crippen molar-refractivity contribution in [2.45, 2.75) is 57.0 Å². The number of amides is 1. The van der Waals surface area contributed by atoms with Crippen LogP contribution in [0.3, 0.4) is 0 Å². The molecular formula is C30H34F3N5O3. The number of alkyl halides is 3. The molecule has 1 amide bonds. The normalized spacial score (nSPS) is 20.8. The first-order chi connectivity index (χ1) is 19.7. The molecule has 0 spiro atoms. The minimum Gasteiger partial charge on any atom is -0.379 e. The van der Waals surface area contributed by atoms with Crippen molar-refractivity contribution in [3.8, 4) is 0 Å². The van der Waals surface area contributed by atoms with Crippen LogP contribution in [0, 0.1) is 0 Å². The Morgan fingerprint density at radius 1 is 1.20 bits per heavy atom. The van der Waals surface area contributed by atoms with Crippen LogP contribution in [-0.2, 0) is 47.6 Å². The number of rotatable bonds is 8. The van der Waals surface area contributed by atoms with Crippen molar-refractivity contribution < 1.29 is 27.4 Å². The maximum absolute atomic E-state index is 14.3. The molecule has 3 aliphatic rings. The number of likely N-dealkylation sites (tertiary alicyclic amines) is 1. The Balaban J connectivity index is 1.28. The second-order valence-corrected chi connectivity index (χ2v) is 11.4. The van der Waals surface area contributed by atoms with Gasteiger partial charge in [-0.3, -0.25) is 9.69 Å². The molecule has 6 rings (SSSR count). The summed E-state index contributed by atoms with van der Waals surface area (Å²) in [5, 5.41) is 8.19. The van der Waals surface area contributed by atoms with E-state index in [4.69, 9.17) is 9.47 Å². The molecule has 3 aliphatic heterocycles. The van der Waals surface area contributed by atoms with Gasteiger partial charge in [-0.1, -0.05) is 12.1 Å². The molecule has 1 aromatic heterocycles. The van der Waals surface area contributed by atoms with Crippen LogP contribution in [0.25, 0.3) is 0 Å². The highest BCUT2D eigenvalue weighted by Gasteiger charge is 2.43. The number of carbonyl (C=O) groups is 1. The summed E-state index contributed by atoms with van der Waals surface area (Å²) in [4.78, 5) is 17.3. The highest BCUT2D eigenvalue weighted by molar-refractivity contribution is 6.10. The van der Waals surface area contributed by atoms with Crippen molar-refractivity contribution in [3.05, 3.63) is 76.4 Å². The first-order valence-electron chi connectivity index (χ1n) is 14.1. The molecule has 1 unspecified atom stereocenters. The van der Waals surface area contributed by atoms with E-state index in [1.165, 1.54) is 11.0 Å². The largest absolute Gasteiger partial charge is 0.416 e. The number of benzene rings is 2. The molecule has 0 saturated carbocycles. The third-order valence-corrected chi connectivity index (χ3v) is 8.51. The van der Waals surface area contributed by atoms with E-state index < -0.39 is 17.6 Å². The van der Waals surface area contributed by atoms with Gasteiger partial charge in [-0.05, 0) is 67.3 Å². The van der Waals surface area contributed by atoms with Crippen LogP contribution in [-0.4, -0.2) is 64.6 Å². The number of halogens is 3. The van der Waals surface area contributed by atoms with Crippen molar-refractivity contribution in [3.63, 3.8) is 0 Å². The van der Waals surface area contributed by atoms with Crippen LogP contribution in [0.2, 0.25) is 0 Å². The number of aromatic nitrogens is 3. The Morgan fingerprint density at radius 3 is 2.71 bits per heavy atom. The minimum atomic E-state index is -4.57. The monoisotopic (exact) mass is 569 g/mol. The van der Waals surface area contributed by atoms with Gasteiger partial charge in [0.25, 0.3) is 5.91 Å². The van der Waals surface area contributed by atoms with Crippen molar-refractivity contribution in [2.75, 3.05) is 37.8 Å². The zero-order valence-corrected chi connectivity index (χ0v) is 23.3. The van der Waals surface area contributed by atoms with E-state index in [-0.39, 0.29) is 29.2 Å². The number of hydrogen-bond acceptors (Lipinski definition) is 6. The Morgan fingerprint density at radius 2 is 2.02 bits per heavy atom. The summed E-state index contributed by atoms with van der Waals surface area (Å²) in [7, 11) is 1.88. The van der Waals surface area contributed by atoms with Gasteiger partial charge in [-0.25, -0.2) is 0 Å². The summed E-state index contributed by atoms with van der Waals surface area (Å²) in [6.07, 6.45) is -0.378. The van der Waals surface area contributed by atoms with Crippen molar-refractivity contribution in [1.29, 1.82) is 0 Å². The van der Waals surface area contributed by atoms with Crippen LogP contribution in [0.1, 0.15) is 58.2 Å². The van der Waals surface area contributed by atoms with Gasteiger partial charge in [0.05, 0.1) is 31.4 Å². The summed E-state index contributed by atoms with van der Waals surface area (Å²) in [5.41, 5.74) is 1.09. The second kappa shape index (κ2) is 10.8. The Bertz CT molecular complexity index is 1430. The highest BCUT2D eigenvalue weighted by Crippen LogP contribution is 2.42. The number of carbonyl (C=O) groups excluding carboxylic acids is 1. The number of ether oxygens (including phenoxy) is 2. The molecule has 2 fully saturated rings. The van der Waals surface area contributed by atoms with E-state index in [2.05, 4.69) is 15.1 Å². The van der Waals surface area contributed by atoms with Gasteiger partial charge in [0.2, 0.25) is 0 Å². The average molecular weight is 570 g/mol. The van der Waals surface area contributed by atoms with Crippen molar-refractivity contribution in [1.82, 2.24) is 19.7 Å². The van der Waals surface area contributed by atoms with Crippen LogP contribution >= 0.6 is 0 Å². The molecule has 0 aliphatic carbocycles. The Kier molecular flexibility index (Phi) is 7.37. The van der Waals surface area contributed by atoms with Crippen LogP contribution in [0.15, 0.2) is 42.7 Å². The lowest BCUT2D eigenvalue weighted by molar-refractivity contribution is -0.138. The molecule has 0 N–H and O–H groups in total. The molecule has 2 aromatic carbocycles. The predicted octanol–water partition coefficient (Wildman–Crippen LogP) is 4.51. The van der Waals surface area contributed by atoms with Gasteiger partial charge in [0.1, 0.15) is 12.2 Å². The summed E-state index contributed by atoms with van der Waals surface area (Å²) < 4.78 is 56.2. The lowest BCUT2D eigenvalue weighted by Crippen LogP contribution is -2.49. The van der Waals surface area contributed by atoms with E-state index in [1.807, 2.05) is 36.7 Å². The maximum Gasteiger partial charge on any atom is 0.416 e. The minimum absolute atomic E-state index is 0.0308. The molecule has 218 valence electrons. The first kappa shape index (κ1) is 27.9. The smallest absolute Gasteiger partial charge is 0.379 e. The van der Waals surface area contributed by atoms with Crippen LogP contribution in [0.5, 0.6) is 0 Å². The number of nitrogens with zero attached hydrogens (tertiary/aromatic N) is 5. The maximum atomic E-state index is 14.3. The molecule has 2 saturated heterocycles. The summed E-state index contributed by atoms with van der Waals surface area (Å²) in [6.45, 7) is 5.19. The molecular weight excluding hydrogens is 535 g/mol. The molecule has 1 atom stereocenters. The molecule has 41 heavy (non-hydrogen) atoms. The second-order valence-electron chi connectivity index (χ2n) is 11.4. The zero-order chi connectivity index (χ0) is 28.8. The van der Waals surface area contributed by atoms with E-state index in [1.54, 1.807) is 18.5 Å². The molecule has 0 radical (unpaired) electrons. The van der Waals surface area contributed by atoms with Gasteiger partial charge >= 0.3 is 6.18 Å². The summed E-state index contributed by atoms with van der Waals surface area (Å²) in [6, 6.07) is 10.4. The summed E-state index contributed by atoms with van der Waals surface area (Å²) >= 11 is 0. The van der Waals surface area contributed by atoms with Gasteiger partial charge in [-0.2, -0.15) is 13.2 Å². The third kappa shape index (κ3) is 5.38. The Labute approximate surface area is 237 Å². The topological polar surface area (TPSA) is 72.7 Å². The van der Waals surface area contributed by atoms with Crippen molar-refractivity contribution in [2.24, 2.45) is 7.05 Å². The molecule has 8 nitrogen and oxygen atoms in total. The fraction of sp³-hybridized carbons (Fsp3) is 0.500. The lowest BCUT2D eigenvalue weighted by Gasteiger charge is -2.42. The molecule has 11 heteroatoms. The first-order valence-corrected chi connectivity index (χ1v) is 14.1. The average Bonchev–Trinajstić information content (AvgIpc) is 3.48. The van der Waals surface area contributed by atoms with Crippen LogP contribution < -0.4 is 4.90 Å². The highest BCUT2D eigenvalue weighted by atomic mass is 19.4. The van der Waals surface area contributed by atoms with Crippen LogP contribution in [0.4, 0.5) is 18.9 Å². The molecule has 3 aromatic rings. The van der Waals surface area contributed by atoms with Gasteiger partial charge in [-0.15, -0.1) is 10.2 Å². The van der Waals surface area contributed by atoms with Crippen molar-refractivity contribution >= 4 is 11.6 Å². The third-order valence-electron chi connectivity index (χ3n) is 8.51. The summed E-state index contributed by atoms with van der Waals surface area (Å²) in [5.74, 6) is 0.398. The van der Waals surface area contributed by atoms with Gasteiger partial charge in [0, 0.05) is 49.8 Å². The van der Waals surface area contributed by atoms with Gasteiger partial charge < -0.3 is 18.9 Å². The molecule has 4 heterocycles. The van der Waals surface area contributed by atoms with E-state index in [0.717, 1.165) is 30.8 Å². The Hall–Kier alpha value is -3.28. The zero-order valence-electron chi connectivity index (χ0n) is 23.3.